The Morgan fingerprint density at radius 1 is 1.11 bits per heavy atom. The first-order valence-electron chi connectivity index (χ1n) is 7.04. The van der Waals surface area contributed by atoms with E-state index >= 15 is 0 Å². The minimum atomic E-state index is 0.131. The summed E-state index contributed by atoms with van der Waals surface area (Å²) in [7, 11) is 2.14. The van der Waals surface area contributed by atoms with Gasteiger partial charge in [-0.3, -0.25) is 0 Å². The second-order valence-electron chi connectivity index (χ2n) is 5.87. The van der Waals surface area contributed by atoms with Crippen LogP contribution in [0.5, 0.6) is 0 Å². The number of rotatable bonds is 4. The molecule has 2 heteroatoms. The summed E-state index contributed by atoms with van der Waals surface area (Å²) in [5, 5.41) is 12.2. The molecule has 2 nitrogen and oxygen atoms in total. The summed E-state index contributed by atoms with van der Waals surface area (Å²) >= 11 is 0. The lowest BCUT2D eigenvalue weighted by Crippen LogP contribution is -2.43. The van der Waals surface area contributed by atoms with Gasteiger partial charge in [-0.05, 0) is 24.3 Å². The average molecular weight is 255 g/mol. The first-order chi connectivity index (χ1) is 9.24. The Balaban J connectivity index is 1.91. The molecule has 2 aromatic rings. The molecule has 3 rings (SSSR count). The number of nitrogens with zero attached hydrogens (tertiary/aromatic N) is 1. The monoisotopic (exact) mass is 255 g/mol. The summed E-state index contributed by atoms with van der Waals surface area (Å²) in [6.07, 6.45) is 3.56. The third-order valence-corrected chi connectivity index (χ3v) is 4.50. The molecule has 0 heterocycles. The van der Waals surface area contributed by atoms with Gasteiger partial charge in [0, 0.05) is 30.1 Å². The number of aliphatic hydroxyl groups is 1. The Morgan fingerprint density at radius 3 is 2.53 bits per heavy atom. The van der Waals surface area contributed by atoms with E-state index in [1.165, 1.54) is 22.9 Å². The van der Waals surface area contributed by atoms with Crippen LogP contribution in [0.4, 0.5) is 5.69 Å². The molecule has 0 saturated heterocycles. The summed E-state index contributed by atoms with van der Waals surface area (Å²) in [5.41, 5.74) is 1.39. The van der Waals surface area contributed by atoms with Crippen molar-refractivity contribution in [3.05, 3.63) is 42.5 Å². The molecule has 0 radical (unpaired) electrons. The first kappa shape index (κ1) is 12.5. The number of fused-ring (bicyclic) bond motifs is 1. The maximum absolute atomic E-state index is 9.62. The molecule has 1 fully saturated rings. The molecule has 1 aliphatic carbocycles. The Kier molecular flexibility index (Phi) is 3.19. The zero-order valence-electron chi connectivity index (χ0n) is 11.5. The normalized spacial score (nSPS) is 17.2. The molecule has 0 bridgehead atoms. The third kappa shape index (κ3) is 2.21. The Morgan fingerprint density at radius 2 is 1.84 bits per heavy atom. The molecule has 0 unspecified atom stereocenters. The number of aliphatic hydroxyl groups excluding tert-OH is 1. The van der Waals surface area contributed by atoms with Crippen LogP contribution in [0, 0.1) is 5.41 Å². The van der Waals surface area contributed by atoms with E-state index in [9.17, 15) is 5.11 Å². The Hall–Kier alpha value is -1.54. The van der Waals surface area contributed by atoms with Crippen LogP contribution in [0.25, 0.3) is 10.8 Å². The molecule has 19 heavy (non-hydrogen) atoms. The van der Waals surface area contributed by atoms with E-state index in [1.807, 2.05) is 0 Å². The van der Waals surface area contributed by atoms with Crippen LogP contribution in [0.15, 0.2) is 42.5 Å². The van der Waals surface area contributed by atoms with Crippen molar-refractivity contribution in [3.63, 3.8) is 0 Å². The molecule has 100 valence electrons. The first-order valence-corrected chi connectivity index (χ1v) is 7.04. The summed E-state index contributed by atoms with van der Waals surface area (Å²) in [4.78, 5) is 2.30. The van der Waals surface area contributed by atoms with Gasteiger partial charge in [0.25, 0.3) is 0 Å². The molecule has 0 aliphatic heterocycles. The Bertz CT molecular complexity index is 563. The van der Waals surface area contributed by atoms with E-state index in [0.717, 1.165) is 19.4 Å². The molecule has 1 aliphatic rings. The zero-order chi connectivity index (χ0) is 13.3. The van der Waals surface area contributed by atoms with E-state index in [1.54, 1.807) is 0 Å². The lowest BCUT2D eigenvalue weighted by Gasteiger charge is -2.43. The smallest absolute Gasteiger partial charge is 0.0504 e. The van der Waals surface area contributed by atoms with Crippen molar-refractivity contribution in [2.75, 3.05) is 25.1 Å². The van der Waals surface area contributed by atoms with Crippen molar-refractivity contribution < 1.29 is 5.11 Å². The standard InChI is InChI=1S/C17H21NO/c1-18(12-17(13-19)10-5-11-17)16-9-4-7-14-6-2-3-8-15(14)16/h2-4,6-9,19H,5,10-13H2,1H3. The van der Waals surface area contributed by atoms with Gasteiger partial charge in [-0.25, -0.2) is 0 Å². The van der Waals surface area contributed by atoms with E-state index in [-0.39, 0.29) is 5.41 Å². The van der Waals surface area contributed by atoms with Crippen LogP contribution >= 0.6 is 0 Å². The van der Waals surface area contributed by atoms with Gasteiger partial charge in [0.05, 0.1) is 6.61 Å². The van der Waals surface area contributed by atoms with Crippen LogP contribution in [0.2, 0.25) is 0 Å². The van der Waals surface area contributed by atoms with Crippen molar-refractivity contribution in [1.82, 2.24) is 0 Å². The minimum absolute atomic E-state index is 0.131. The Labute approximate surface area is 114 Å². The predicted molar refractivity (Wildman–Crippen MR) is 80.6 cm³/mol. The highest BCUT2D eigenvalue weighted by Crippen LogP contribution is 2.42. The van der Waals surface area contributed by atoms with Gasteiger partial charge in [0.2, 0.25) is 0 Å². The van der Waals surface area contributed by atoms with Crippen LogP contribution in [0.1, 0.15) is 19.3 Å². The SMILES string of the molecule is CN(CC1(CO)CCC1)c1cccc2ccccc12. The number of anilines is 1. The minimum Gasteiger partial charge on any atom is -0.396 e. The van der Waals surface area contributed by atoms with Gasteiger partial charge in [-0.1, -0.05) is 42.8 Å². The van der Waals surface area contributed by atoms with Crippen molar-refractivity contribution in [2.24, 2.45) is 5.41 Å². The number of hydrogen-bond donors (Lipinski definition) is 1. The van der Waals surface area contributed by atoms with Gasteiger partial charge in [-0.2, -0.15) is 0 Å². The van der Waals surface area contributed by atoms with Gasteiger partial charge < -0.3 is 10.0 Å². The lowest BCUT2D eigenvalue weighted by atomic mass is 9.69. The fourth-order valence-corrected chi connectivity index (χ4v) is 3.17. The molecule has 2 aromatic carbocycles. The van der Waals surface area contributed by atoms with Gasteiger partial charge >= 0.3 is 0 Å². The molecule has 0 spiro atoms. The van der Waals surface area contributed by atoms with Crippen molar-refractivity contribution in [2.45, 2.75) is 19.3 Å². The van der Waals surface area contributed by atoms with Crippen molar-refractivity contribution in [3.8, 4) is 0 Å². The number of hydrogen-bond acceptors (Lipinski definition) is 2. The predicted octanol–water partition coefficient (Wildman–Crippen LogP) is 3.44. The summed E-state index contributed by atoms with van der Waals surface area (Å²) in [6.45, 7) is 1.25. The quantitative estimate of drug-likeness (QED) is 0.904. The van der Waals surface area contributed by atoms with Crippen LogP contribution in [0.3, 0.4) is 0 Å². The average Bonchev–Trinajstić information content (AvgIpc) is 2.42. The van der Waals surface area contributed by atoms with Gasteiger partial charge in [-0.15, -0.1) is 0 Å². The fraction of sp³-hybridized carbons (Fsp3) is 0.412. The third-order valence-electron chi connectivity index (χ3n) is 4.50. The van der Waals surface area contributed by atoms with Crippen LogP contribution in [-0.2, 0) is 0 Å². The molecular weight excluding hydrogens is 234 g/mol. The lowest BCUT2D eigenvalue weighted by molar-refractivity contribution is 0.0524. The molecule has 0 aromatic heterocycles. The van der Waals surface area contributed by atoms with E-state index < -0.39 is 0 Å². The molecule has 1 N–H and O–H groups in total. The molecule has 1 saturated carbocycles. The highest BCUT2D eigenvalue weighted by Gasteiger charge is 2.37. The van der Waals surface area contributed by atoms with Crippen molar-refractivity contribution in [1.29, 1.82) is 0 Å². The summed E-state index contributed by atoms with van der Waals surface area (Å²) in [6, 6.07) is 14.9. The van der Waals surface area contributed by atoms with E-state index in [2.05, 4.69) is 54.4 Å². The number of benzene rings is 2. The highest BCUT2D eigenvalue weighted by molar-refractivity contribution is 5.94. The topological polar surface area (TPSA) is 23.5 Å². The van der Waals surface area contributed by atoms with Gasteiger partial charge in [0.1, 0.15) is 0 Å². The largest absolute Gasteiger partial charge is 0.396 e. The zero-order valence-corrected chi connectivity index (χ0v) is 11.5. The second kappa shape index (κ2) is 4.86. The second-order valence-corrected chi connectivity index (χ2v) is 5.87. The van der Waals surface area contributed by atoms with E-state index in [4.69, 9.17) is 0 Å². The molecule has 0 atom stereocenters. The highest BCUT2D eigenvalue weighted by atomic mass is 16.3. The van der Waals surface area contributed by atoms with E-state index in [0.29, 0.717) is 6.61 Å². The molecular formula is C17H21NO. The molecule has 0 amide bonds. The van der Waals surface area contributed by atoms with Crippen LogP contribution in [-0.4, -0.2) is 25.3 Å². The maximum Gasteiger partial charge on any atom is 0.0504 e. The van der Waals surface area contributed by atoms with Crippen molar-refractivity contribution >= 4 is 16.5 Å². The summed E-state index contributed by atoms with van der Waals surface area (Å²) in [5.74, 6) is 0. The fourth-order valence-electron chi connectivity index (χ4n) is 3.17. The maximum atomic E-state index is 9.62. The van der Waals surface area contributed by atoms with Gasteiger partial charge in [0.15, 0.2) is 0 Å². The van der Waals surface area contributed by atoms with Crippen LogP contribution < -0.4 is 4.90 Å². The summed E-state index contributed by atoms with van der Waals surface area (Å²) < 4.78 is 0.